The first-order valence-corrected chi connectivity index (χ1v) is 3.87. The number of rotatable bonds is 2. The van der Waals surface area contributed by atoms with E-state index in [0.29, 0.717) is 5.69 Å². The van der Waals surface area contributed by atoms with Crippen LogP contribution in [0.3, 0.4) is 0 Å². The lowest BCUT2D eigenvalue weighted by Crippen LogP contribution is -2.32. The number of anilines is 1. The van der Waals surface area contributed by atoms with Crippen LogP contribution < -0.4 is 10.6 Å². The van der Waals surface area contributed by atoms with E-state index < -0.39 is 11.9 Å². The second-order valence-corrected chi connectivity index (χ2v) is 2.39. The predicted molar refractivity (Wildman–Crippen MR) is 51.6 cm³/mol. The van der Waals surface area contributed by atoms with Crippen LogP contribution >= 0.6 is 0 Å². The number of imide groups is 1. The summed E-state index contributed by atoms with van der Waals surface area (Å²) >= 11 is 0. The first-order valence-electron chi connectivity index (χ1n) is 3.87. The summed E-state index contributed by atoms with van der Waals surface area (Å²) in [4.78, 5) is 25.6. The Balaban J connectivity index is 2.50. The van der Waals surface area contributed by atoms with Crippen LogP contribution in [-0.4, -0.2) is 16.9 Å². The van der Waals surface area contributed by atoms with Gasteiger partial charge in [0, 0.05) is 6.20 Å². The summed E-state index contributed by atoms with van der Waals surface area (Å²) in [5.41, 5.74) is 0.516. The standard InChI is InChI=1S/C9H9N3O2/c1-2-8(13)12-9(14)11-7-4-3-5-10-6-7/h2-6H,1H2,(H2,11,12,13,14). The van der Waals surface area contributed by atoms with Crippen LogP contribution in [0.15, 0.2) is 37.2 Å². The molecule has 2 N–H and O–H groups in total. The number of urea groups is 1. The zero-order chi connectivity index (χ0) is 10.4. The number of hydrogen-bond acceptors (Lipinski definition) is 3. The molecule has 1 rings (SSSR count). The van der Waals surface area contributed by atoms with E-state index in [1.54, 1.807) is 18.3 Å². The minimum atomic E-state index is -0.608. The molecule has 72 valence electrons. The van der Waals surface area contributed by atoms with E-state index in [-0.39, 0.29) is 0 Å². The van der Waals surface area contributed by atoms with E-state index in [2.05, 4.69) is 16.9 Å². The highest BCUT2D eigenvalue weighted by atomic mass is 16.2. The van der Waals surface area contributed by atoms with Gasteiger partial charge in [-0.1, -0.05) is 6.58 Å². The molecule has 3 amide bonds. The first-order chi connectivity index (χ1) is 6.72. The Kier molecular flexibility index (Phi) is 3.37. The summed E-state index contributed by atoms with van der Waals surface area (Å²) < 4.78 is 0. The summed E-state index contributed by atoms with van der Waals surface area (Å²) in [6.45, 7) is 3.22. The third-order valence-electron chi connectivity index (χ3n) is 1.34. The third-order valence-corrected chi connectivity index (χ3v) is 1.34. The zero-order valence-electron chi connectivity index (χ0n) is 7.36. The molecular weight excluding hydrogens is 182 g/mol. The number of hydrogen-bond donors (Lipinski definition) is 2. The molecule has 0 radical (unpaired) electrons. The molecule has 0 fully saturated rings. The van der Waals surface area contributed by atoms with Crippen LogP contribution in [0, 0.1) is 0 Å². The molecule has 14 heavy (non-hydrogen) atoms. The molecule has 0 saturated heterocycles. The highest BCUT2D eigenvalue weighted by molar-refractivity contribution is 6.04. The van der Waals surface area contributed by atoms with Gasteiger partial charge in [0.25, 0.3) is 5.91 Å². The van der Waals surface area contributed by atoms with E-state index in [4.69, 9.17) is 0 Å². The zero-order valence-corrected chi connectivity index (χ0v) is 7.36. The van der Waals surface area contributed by atoms with Crippen molar-refractivity contribution in [1.82, 2.24) is 10.3 Å². The number of carbonyl (C=O) groups excluding carboxylic acids is 2. The lowest BCUT2D eigenvalue weighted by atomic mass is 10.4. The largest absolute Gasteiger partial charge is 0.326 e. The lowest BCUT2D eigenvalue weighted by Gasteiger charge is -2.03. The number of aromatic nitrogens is 1. The highest BCUT2D eigenvalue weighted by Gasteiger charge is 2.03. The monoisotopic (exact) mass is 191 g/mol. The fraction of sp³-hybridized carbons (Fsp3) is 0. The van der Waals surface area contributed by atoms with Gasteiger partial charge in [-0.25, -0.2) is 4.79 Å². The van der Waals surface area contributed by atoms with Crippen molar-refractivity contribution in [2.24, 2.45) is 0 Å². The molecule has 0 aliphatic carbocycles. The number of nitrogens with one attached hydrogen (secondary N) is 2. The van der Waals surface area contributed by atoms with E-state index in [1.807, 2.05) is 5.32 Å². The van der Waals surface area contributed by atoms with Crippen molar-refractivity contribution in [3.05, 3.63) is 37.2 Å². The molecule has 0 unspecified atom stereocenters. The Morgan fingerprint density at radius 3 is 2.86 bits per heavy atom. The van der Waals surface area contributed by atoms with Crippen LogP contribution in [0.5, 0.6) is 0 Å². The molecule has 0 aliphatic heterocycles. The molecule has 5 heteroatoms. The Bertz CT molecular complexity index is 348. The van der Waals surface area contributed by atoms with Gasteiger partial charge in [-0.2, -0.15) is 0 Å². The van der Waals surface area contributed by atoms with Crippen molar-refractivity contribution < 1.29 is 9.59 Å². The van der Waals surface area contributed by atoms with Gasteiger partial charge in [0.15, 0.2) is 0 Å². The van der Waals surface area contributed by atoms with Gasteiger partial charge in [0.1, 0.15) is 0 Å². The average Bonchev–Trinajstić information content (AvgIpc) is 2.19. The van der Waals surface area contributed by atoms with Crippen molar-refractivity contribution >= 4 is 17.6 Å². The lowest BCUT2D eigenvalue weighted by molar-refractivity contribution is -0.115. The normalized spacial score (nSPS) is 8.86. The summed E-state index contributed by atoms with van der Waals surface area (Å²) in [5, 5.41) is 4.47. The van der Waals surface area contributed by atoms with Crippen LogP contribution in [0.4, 0.5) is 10.5 Å². The van der Waals surface area contributed by atoms with Crippen molar-refractivity contribution in [2.75, 3.05) is 5.32 Å². The number of pyridine rings is 1. The third kappa shape index (κ3) is 3.06. The molecule has 0 bridgehead atoms. The molecule has 0 saturated carbocycles. The average molecular weight is 191 g/mol. The molecule has 1 aromatic heterocycles. The fourth-order valence-electron chi connectivity index (χ4n) is 0.762. The number of carbonyl (C=O) groups is 2. The highest BCUT2D eigenvalue weighted by Crippen LogP contribution is 2.01. The molecule has 0 spiro atoms. The van der Waals surface area contributed by atoms with E-state index in [9.17, 15) is 9.59 Å². The molecule has 0 aromatic carbocycles. The smallest absolute Gasteiger partial charge is 0.306 e. The van der Waals surface area contributed by atoms with E-state index in [0.717, 1.165) is 6.08 Å². The second kappa shape index (κ2) is 4.76. The van der Waals surface area contributed by atoms with Crippen LogP contribution in [-0.2, 0) is 4.79 Å². The van der Waals surface area contributed by atoms with Crippen molar-refractivity contribution in [3.8, 4) is 0 Å². The van der Waals surface area contributed by atoms with Crippen LogP contribution in [0.2, 0.25) is 0 Å². The van der Waals surface area contributed by atoms with Gasteiger partial charge in [0.05, 0.1) is 11.9 Å². The topological polar surface area (TPSA) is 71.1 Å². The summed E-state index contributed by atoms with van der Waals surface area (Å²) in [5.74, 6) is -0.550. The maximum absolute atomic E-state index is 11.1. The van der Waals surface area contributed by atoms with Crippen molar-refractivity contribution in [1.29, 1.82) is 0 Å². The first kappa shape index (κ1) is 9.91. The molecule has 1 heterocycles. The molecule has 0 aliphatic rings. The quantitative estimate of drug-likeness (QED) is 0.682. The van der Waals surface area contributed by atoms with Crippen LogP contribution in [0.25, 0.3) is 0 Å². The Hall–Kier alpha value is -2.17. The molecule has 0 atom stereocenters. The second-order valence-electron chi connectivity index (χ2n) is 2.39. The van der Waals surface area contributed by atoms with Gasteiger partial charge >= 0.3 is 6.03 Å². The summed E-state index contributed by atoms with van der Waals surface area (Å²) in [6, 6.07) is 2.72. The number of nitrogens with zero attached hydrogens (tertiary/aromatic N) is 1. The van der Waals surface area contributed by atoms with Gasteiger partial charge < -0.3 is 5.32 Å². The van der Waals surface area contributed by atoms with Crippen LogP contribution in [0.1, 0.15) is 0 Å². The van der Waals surface area contributed by atoms with Gasteiger partial charge in [0.2, 0.25) is 0 Å². The van der Waals surface area contributed by atoms with E-state index in [1.165, 1.54) is 6.20 Å². The van der Waals surface area contributed by atoms with Gasteiger partial charge in [-0.3, -0.25) is 15.1 Å². The number of amides is 3. The van der Waals surface area contributed by atoms with Gasteiger partial charge in [-0.15, -0.1) is 0 Å². The predicted octanol–water partition coefficient (Wildman–Crippen LogP) is 0.916. The molecular formula is C9H9N3O2. The SMILES string of the molecule is C=CC(=O)NC(=O)Nc1cccnc1. The minimum Gasteiger partial charge on any atom is -0.306 e. The van der Waals surface area contributed by atoms with Crippen molar-refractivity contribution in [2.45, 2.75) is 0 Å². The van der Waals surface area contributed by atoms with E-state index >= 15 is 0 Å². The molecule has 5 nitrogen and oxygen atoms in total. The Labute approximate surface area is 80.8 Å². The Morgan fingerprint density at radius 1 is 1.50 bits per heavy atom. The summed E-state index contributed by atoms with van der Waals surface area (Å²) in [7, 11) is 0. The fourth-order valence-corrected chi connectivity index (χ4v) is 0.762. The minimum absolute atomic E-state index is 0.516. The maximum atomic E-state index is 11.1. The molecule has 1 aromatic rings. The van der Waals surface area contributed by atoms with Crippen molar-refractivity contribution in [3.63, 3.8) is 0 Å². The van der Waals surface area contributed by atoms with Gasteiger partial charge in [-0.05, 0) is 18.2 Å². The summed E-state index contributed by atoms with van der Waals surface area (Å²) in [6.07, 6.45) is 4.07. The Morgan fingerprint density at radius 2 is 2.29 bits per heavy atom. The maximum Gasteiger partial charge on any atom is 0.326 e.